The molecule has 6 nitrogen and oxygen atoms in total. The van der Waals surface area contributed by atoms with Gasteiger partial charge in [-0.3, -0.25) is 4.79 Å². The highest BCUT2D eigenvalue weighted by Crippen LogP contribution is 2.63. The number of nitrogens with one attached hydrogen (secondary N) is 1. The first-order valence-corrected chi connectivity index (χ1v) is 11.4. The first-order chi connectivity index (χ1) is 14.0. The minimum atomic E-state index is -0.163. The molecule has 2 N–H and O–H groups in total. The van der Waals surface area contributed by atoms with Gasteiger partial charge in [-0.05, 0) is 79.9 Å². The molecule has 0 amide bonds. The number of rotatable bonds is 2. The lowest BCUT2D eigenvalue weighted by molar-refractivity contribution is -0.131. The molecule has 1 saturated heterocycles. The van der Waals surface area contributed by atoms with Crippen LogP contribution in [0.15, 0.2) is 22.0 Å². The summed E-state index contributed by atoms with van der Waals surface area (Å²) in [6, 6.07) is 0. The lowest BCUT2D eigenvalue weighted by Gasteiger charge is -2.56. The summed E-state index contributed by atoms with van der Waals surface area (Å²) in [7, 11) is 0. The molecular weight excluding hydrogens is 366 g/mol. The summed E-state index contributed by atoms with van der Waals surface area (Å²) < 4.78 is 0. The van der Waals surface area contributed by atoms with E-state index in [0.29, 0.717) is 23.5 Å². The fourth-order valence-corrected chi connectivity index (χ4v) is 7.22. The molecule has 1 aliphatic heterocycles. The van der Waals surface area contributed by atoms with E-state index in [1.807, 2.05) is 0 Å². The van der Waals surface area contributed by atoms with Crippen LogP contribution < -0.4 is 5.32 Å². The normalized spacial score (nSPS) is 47.0. The third-order valence-electron chi connectivity index (χ3n) is 8.99. The number of fused-ring (bicyclic) bond motifs is 5. The second-order valence-electron chi connectivity index (χ2n) is 10.3. The monoisotopic (exact) mass is 399 g/mol. The van der Waals surface area contributed by atoms with Crippen molar-refractivity contribution in [2.75, 3.05) is 13.1 Å². The van der Waals surface area contributed by atoms with Gasteiger partial charge in [-0.1, -0.05) is 24.2 Å². The maximum Gasteiger partial charge on any atom is 0.141 e. The Morgan fingerprint density at radius 1 is 1.14 bits per heavy atom. The highest BCUT2D eigenvalue weighted by atomic mass is 16.6. The minimum Gasteiger partial charge on any atom is -0.411 e. The Morgan fingerprint density at radius 2 is 1.97 bits per heavy atom. The van der Waals surface area contributed by atoms with Crippen molar-refractivity contribution in [3.8, 4) is 0 Å². The van der Waals surface area contributed by atoms with Gasteiger partial charge >= 0.3 is 0 Å². The number of oxime groups is 2. The Kier molecular flexibility index (Phi) is 4.61. The number of ketones is 1. The quantitative estimate of drug-likeness (QED) is 0.548. The third kappa shape index (κ3) is 2.89. The Bertz CT molecular complexity index is 797. The van der Waals surface area contributed by atoms with Crippen molar-refractivity contribution in [2.24, 2.45) is 38.9 Å². The number of allylic oxidation sites excluding steroid dienone is 2. The van der Waals surface area contributed by atoms with Crippen molar-refractivity contribution in [2.45, 2.75) is 71.3 Å². The average Bonchev–Trinajstić information content (AvgIpc) is 3.34. The van der Waals surface area contributed by atoms with Crippen molar-refractivity contribution < 1.29 is 14.8 Å². The van der Waals surface area contributed by atoms with E-state index < -0.39 is 0 Å². The summed E-state index contributed by atoms with van der Waals surface area (Å²) >= 11 is 0. The summed E-state index contributed by atoms with van der Waals surface area (Å²) in [5.41, 5.74) is 2.73. The molecule has 3 saturated carbocycles. The molecular formula is C23H33N3O3. The Morgan fingerprint density at radius 3 is 2.72 bits per heavy atom. The Hall–Kier alpha value is -1.69. The number of Topliss-reactive ketones (excluding diaryl/α,β-unsaturated/α-hetero) is 1. The highest BCUT2D eigenvalue weighted by molar-refractivity contribution is 6.09. The van der Waals surface area contributed by atoms with Gasteiger partial charge in [0.2, 0.25) is 0 Å². The Labute approximate surface area is 172 Å². The largest absolute Gasteiger partial charge is 0.411 e. The molecule has 0 aromatic rings. The number of hydrogen-bond donors (Lipinski definition) is 2. The number of carbonyl (C=O) groups excluding carboxylic acids is 1. The van der Waals surface area contributed by atoms with Gasteiger partial charge in [-0.15, -0.1) is 0 Å². The molecule has 5 rings (SSSR count). The molecule has 1 heterocycles. The van der Waals surface area contributed by atoms with Crippen LogP contribution in [0, 0.1) is 28.6 Å². The van der Waals surface area contributed by atoms with Gasteiger partial charge in [0.15, 0.2) is 0 Å². The SMILES string of the molecule is C[C@]12CCC(=NO[C@H]3CCNC3)C=C1C(=NO)C[C@@H]1[C@@H]2CC[C@]2(C)C(=O)CC[C@@H]12. The van der Waals surface area contributed by atoms with Crippen molar-refractivity contribution in [1.82, 2.24) is 5.32 Å². The molecule has 0 spiro atoms. The van der Waals surface area contributed by atoms with E-state index in [4.69, 9.17) is 4.84 Å². The molecule has 0 bridgehead atoms. The van der Waals surface area contributed by atoms with Crippen molar-refractivity contribution in [1.29, 1.82) is 0 Å². The lowest BCUT2D eigenvalue weighted by atomic mass is 9.47. The van der Waals surface area contributed by atoms with E-state index in [-0.39, 0.29) is 16.9 Å². The van der Waals surface area contributed by atoms with Gasteiger partial charge in [0.1, 0.15) is 11.9 Å². The summed E-state index contributed by atoms with van der Waals surface area (Å²) in [6.45, 7) is 6.38. The zero-order valence-electron chi connectivity index (χ0n) is 17.6. The van der Waals surface area contributed by atoms with Crippen LogP contribution in [0.2, 0.25) is 0 Å². The molecule has 5 aliphatic rings. The summed E-state index contributed by atoms with van der Waals surface area (Å²) in [6.07, 6.45) is 9.77. The van der Waals surface area contributed by atoms with Crippen molar-refractivity contribution >= 4 is 17.2 Å². The summed E-state index contributed by atoms with van der Waals surface area (Å²) in [5, 5.41) is 21.4. The Balaban J connectivity index is 1.44. The smallest absolute Gasteiger partial charge is 0.141 e. The predicted octanol–water partition coefficient (Wildman–Crippen LogP) is 3.69. The van der Waals surface area contributed by atoms with E-state index in [9.17, 15) is 10.0 Å². The molecule has 0 radical (unpaired) electrons. The van der Waals surface area contributed by atoms with Gasteiger partial charge in [-0.2, -0.15) is 0 Å². The zero-order valence-corrected chi connectivity index (χ0v) is 17.6. The third-order valence-corrected chi connectivity index (χ3v) is 8.99. The van der Waals surface area contributed by atoms with Crippen LogP contribution in [-0.4, -0.2) is 41.6 Å². The topological polar surface area (TPSA) is 83.3 Å². The van der Waals surface area contributed by atoms with E-state index in [2.05, 4.69) is 35.6 Å². The fourth-order valence-electron chi connectivity index (χ4n) is 7.22. The molecule has 158 valence electrons. The van der Waals surface area contributed by atoms with Gasteiger partial charge in [0.25, 0.3) is 0 Å². The van der Waals surface area contributed by atoms with E-state index in [1.54, 1.807) is 0 Å². The minimum absolute atomic E-state index is 0.00855. The number of carbonyl (C=O) groups is 1. The van der Waals surface area contributed by atoms with Crippen LogP contribution in [0.5, 0.6) is 0 Å². The summed E-state index contributed by atoms with van der Waals surface area (Å²) in [4.78, 5) is 18.4. The first kappa shape index (κ1) is 19.3. The standard InChI is InChI=1S/C23H33N3O3/c1-22-8-5-14(26-29-15-7-10-24-13-15)11-19(22)20(25-28)12-16-17-3-4-21(27)23(17,2)9-6-18(16)22/h11,15-18,24,28H,3-10,12-13H2,1-2H3/t15-,16-,17-,18-,22+,23-/m0/s1. The highest BCUT2D eigenvalue weighted by Gasteiger charge is 2.60. The first-order valence-electron chi connectivity index (χ1n) is 11.4. The maximum absolute atomic E-state index is 12.6. The van der Waals surface area contributed by atoms with Crippen LogP contribution in [0.3, 0.4) is 0 Å². The molecule has 6 heteroatoms. The number of hydrogen-bond acceptors (Lipinski definition) is 6. The van der Waals surface area contributed by atoms with Crippen molar-refractivity contribution in [3.05, 3.63) is 11.6 Å². The molecule has 6 atom stereocenters. The van der Waals surface area contributed by atoms with Gasteiger partial charge < -0.3 is 15.4 Å². The van der Waals surface area contributed by atoms with Gasteiger partial charge in [0.05, 0.1) is 11.4 Å². The van der Waals surface area contributed by atoms with E-state index in [1.165, 1.54) is 0 Å². The molecule has 0 aromatic heterocycles. The molecule has 4 fully saturated rings. The van der Waals surface area contributed by atoms with E-state index >= 15 is 0 Å². The molecule has 0 aromatic carbocycles. The fraction of sp³-hybridized carbons (Fsp3) is 0.783. The van der Waals surface area contributed by atoms with Crippen molar-refractivity contribution in [3.63, 3.8) is 0 Å². The van der Waals surface area contributed by atoms with Crippen LogP contribution in [0.25, 0.3) is 0 Å². The van der Waals surface area contributed by atoms with Crippen LogP contribution in [-0.2, 0) is 9.63 Å². The van der Waals surface area contributed by atoms with Gasteiger partial charge in [0, 0.05) is 24.8 Å². The van der Waals surface area contributed by atoms with Crippen LogP contribution >= 0.6 is 0 Å². The summed E-state index contributed by atoms with van der Waals surface area (Å²) in [5.74, 6) is 1.86. The van der Waals surface area contributed by atoms with Gasteiger partial charge in [-0.25, -0.2) is 0 Å². The molecule has 0 unspecified atom stereocenters. The number of nitrogens with zero attached hydrogens (tertiary/aromatic N) is 2. The average molecular weight is 400 g/mol. The molecule has 29 heavy (non-hydrogen) atoms. The zero-order chi connectivity index (χ0) is 20.2. The van der Waals surface area contributed by atoms with Crippen LogP contribution in [0.4, 0.5) is 0 Å². The maximum atomic E-state index is 12.6. The van der Waals surface area contributed by atoms with E-state index in [0.717, 1.165) is 81.5 Å². The lowest BCUT2D eigenvalue weighted by Crippen LogP contribution is -2.53. The predicted molar refractivity (Wildman–Crippen MR) is 111 cm³/mol. The van der Waals surface area contributed by atoms with Crippen LogP contribution in [0.1, 0.15) is 65.2 Å². The second kappa shape index (κ2) is 6.93. The molecule has 4 aliphatic carbocycles. The second-order valence-corrected chi connectivity index (χ2v) is 10.3.